The molecular weight excluding hydrogens is 326 g/mol. The van der Waals surface area contributed by atoms with Gasteiger partial charge in [0.25, 0.3) is 5.56 Å². The summed E-state index contributed by atoms with van der Waals surface area (Å²) in [5.74, 6) is -0.606. The molecule has 0 atom stereocenters. The van der Waals surface area contributed by atoms with Crippen LogP contribution in [0.4, 0.5) is 4.39 Å². The van der Waals surface area contributed by atoms with Gasteiger partial charge in [0, 0.05) is 15.8 Å². The summed E-state index contributed by atoms with van der Waals surface area (Å²) in [4.78, 5) is 25.2. The minimum atomic E-state index is -0.660. The van der Waals surface area contributed by atoms with Crippen molar-refractivity contribution in [3.05, 3.63) is 60.7 Å². The molecule has 4 nitrogen and oxygen atoms in total. The Morgan fingerprint density at radius 3 is 2.62 bits per heavy atom. The first-order valence-electron chi connectivity index (χ1n) is 4.36. The maximum atomic E-state index is 13.6. The highest BCUT2D eigenvalue weighted by Crippen LogP contribution is 2.13. The lowest BCUT2D eigenvalue weighted by Crippen LogP contribution is -2.32. The van der Waals surface area contributed by atoms with Gasteiger partial charge in [0.1, 0.15) is 5.82 Å². The zero-order chi connectivity index (χ0) is 11.7. The van der Waals surface area contributed by atoms with Crippen LogP contribution in [-0.4, -0.2) is 9.55 Å². The second-order valence-corrected chi connectivity index (χ2v) is 4.30. The van der Waals surface area contributed by atoms with E-state index in [0.29, 0.717) is 3.57 Å². The molecule has 0 radical (unpaired) electrons. The summed E-state index contributed by atoms with van der Waals surface area (Å²) in [7, 11) is 0. The standard InChI is InChI=1S/C10H6FIN2O2/c11-7-5-6(12)1-2-8(7)14-9(15)3-4-13-10(14)16/h1-5H,(H,13,16). The van der Waals surface area contributed by atoms with E-state index in [1.54, 1.807) is 6.07 Å². The lowest BCUT2D eigenvalue weighted by atomic mass is 10.3. The van der Waals surface area contributed by atoms with Crippen molar-refractivity contribution in [1.82, 2.24) is 9.55 Å². The van der Waals surface area contributed by atoms with Gasteiger partial charge < -0.3 is 4.98 Å². The van der Waals surface area contributed by atoms with E-state index >= 15 is 0 Å². The molecule has 0 fully saturated rings. The van der Waals surface area contributed by atoms with Gasteiger partial charge >= 0.3 is 5.69 Å². The molecule has 0 saturated carbocycles. The minimum absolute atomic E-state index is 0.0488. The first-order chi connectivity index (χ1) is 7.59. The first kappa shape index (κ1) is 11.1. The fourth-order valence-electron chi connectivity index (χ4n) is 1.31. The molecule has 0 aliphatic heterocycles. The summed E-state index contributed by atoms with van der Waals surface area (Å²) in [6, 6.07) is 5.44. The van der Waals surface area contributed by atoms with Gasteiger partial charge in [0.15, 0.2) is 0 Å². The maximum Gasteiger partial charge on any atom is 0.333 e. The number of H-pyrrole nitrogens is 1. The van der Waals surface area contributed by atoms with E-state index in [0.717, 1.165) is 4.57 Å². The number of hydrogen-bond acceptors (Lipinski definition) is 2. The van der Waals surface area contributed by atoms with Crippen molar-refractivity contribution in [2.24, 2.45) is 0 Å². The number of rotatable bonds is 1. The van der Waals surface area contributed by atoms with Crippen LogP contribution in [0.1, 0.15) is 0 Å². The van der Waals surface area contributed by atoms with Crippen molar-refractivity contribution in [2.75, 3.05) is 0 Å². The van der Waals surface area contributed by atoms with Gasteiger partial charge in [-0.15, -0.1) is 0 Å². The van der Waals surface area contributed by atoms with Crippen LogP contribution in [0.3, 0.4) is 0 Å². The normalized spacial score (nSPS) is 10.4. The third kappa shape index (κ3) is 1.92. The largest absolute Gasteiger partial charge is 0.333 e. The summed E-state index contributed by atoms with van der Waals surface area (Å²) in [6.07, 6.45) is 1.23. The van der Waals surface area contributed by atoms with E-state index in [-0.39, 0.29) is 5.69 Å². The smallest absolute Gasteiger partial charge is 0.314 e. The summed E-state index contributed by atoms with van der Waals surface area (Å²) in [5, 5.41) is 0. The van der Waals surface area contributed by atoms with Crippen LogP contribution >= 0.6 is 22.6 Å². The molecule has 2 rings (SSSR count). The van der Waals surface area contributed by atoms with Crippen LogP contribution in [0.15, 0.2) is 40.1 Å². The Morgan fingerprint density at radius 2 is 2.00 bits per heavy atom. The molecule has 1 N–H and O–H groups in total. The number of aromatic nitrogens is 2. The Bertz CT molecular complexity index is 620. The van der Waals surface area contributed by atoms with Crippen molar-refractivity contribution in [3.63, 3.8) is 0 Å². The maximum absolute atomic E-state index is 13.6. The molecule has 0 amide bonds. The Labute approximate surface area is 103 Å². The average molecular weight is 332 g/mol. The molecule has 16 heavy (non-hydrogen) atoms. The van der Waals surface area contributed by atoms with E-state index < -0.39 is 17.1 Å². The lowest BCUT2D eigenvalue weighted by molar-refractivity contribution is 0.611. The second-order valence-electron chi connectivity index (χ2n) is 3.05. The highest BCUT2D eigenvalue weighted by atomic mass is 127. The van der Waals surface area contributed by atoms with Gasteiger partial charge in [-0.1, -0.05) is 0 Å². The molecule has 0 unspecified atom stereocenters. The van der Waals surface area contributed by atoms with E-state index in [1.807, 2.05) is 22.6 Å². The van der Waals surface area contributed by atoms with E-state index in [9.17, 15) is 14.0 Å². The van der Waals surface area contributed by atoms with Crippen LogP contribution in [0.2, 0.25) is 0 Å². The van der Waals surface area contributed by atoms with Crippen LogP contribution in [0.25, 0.3) is 5.69 Å². The fourth-order valence-corrected chi connectivity index (χ4v) is 1.77. The van der Waals surface area contributed by atoms with Crippen molar-refractivity contribution >= 4 is 22.6 Å². The number of nitrogens with zero attached hydrogens (tertiary/aromatic N) is 1. The van der Waals surface area contributed by atoms with Crippen LogP contribution in [0, 0.1) is 9.39 Å². The molecule has 0 aliphatic carbocycles. The van der Waals surface area contributed by atoms with Crippen molar-refractivity contribution in [1.29, 1.82) is 0 Å². The van der Waals surface area contributed by atoms with Gasteiger partial charge in [-0.05, 0) is 40.8 Å². The molecule has 1 aromatic heterocycles. The zero-order valence-corrected chi connectivity index (χ0v) is 10.1. The summed E-state index contributed by atoms with van der Waals surface area (Å²) < 4.78 is 15.0. The Morgan fingerprint density at radius 1 is 1.25 bits per heavy atom. The Kier molecular flexibility index (Phi) is 2.90. The Balaban J connectivity index is 2.78. The Hall–Kier alpha value is -1.44. The summed E-state index contributed by atoms with van der Waals surface area (Å²) >= 11 is 1.95. The molecule has 1 heterocycles. The number of hydrogen-bond donors (Lipinski definition) is 1. The summed E-state index contributed by atoms with van der Waals surface area (Å²) in [5.41, 5.74) is -1.27. The monoisotopic (exact) mass is 332 g/mol. The molecule has 82 valence electrons. The van der Waals surface area contributed by atoms with Crippen LogP contribution in [0.5, 0.6) is 0 Å². The van der Waals surface area contributed by atoms with E-state index in [4.69, 9.17) is 0 Å². The average Bonchev–Trinajstić information content (AvgIpc) is 2.20. The molecule has 2 aromatic rings. The molecule has 0 spiro atoms. The van der Waals surface area contributed by atoms with Gasteiger partial charge in [-0.3, -0.25) is 4.79 Å². The van der Waals surface area contributed by atoms with Gasteiger partial charge in [-0.2, -0.15) is 0 Å². The third-order valence-electron chi connectivity index (χ3n) is 2.01. The molecule has 0 aliphatic rings. The van der Waals surface area contributed by atoms with Crippen molar-refractivity contribution in [3.8, 4) is 5.69 Å². The molecule has 6 heteroatoms. The molecule has 0 bridgehead atoms. The minimum Gasteiger partial charge on any atom is -0.314 e. The van der Waals surface area contributed by atoms with E-state index in [1.165, 1.54) is 24.4 Å². The number of halogens is 2. The molecular formula is C10H6FIN2O2. The summed E-state index contributed by atoms with van der Waals surface area (Å²) in [6.45, 7) is 0. The number of benzene rings is 1. The van der Waals surface area contributed by atoms with Gasteiger partial charge in [-0.25, -0.2) is 13.8 Å². The molecule has 0 saturated heterocycles. The highest BCUT2D eigenvalue weighted by Gasteiger charge is 2.09. The second kappa shape index (κ2) is 4.20. The SMILES string of the molecule is O=c1cc[nH]c(=O)n1-c1ccc(I)cc1F. The third-order valence-corrected chi connectivity index (χ3v) is 2.68. The fraction of sp³-hybridized carbons (Fsp3) is 0. The zero-order valence-electron chi connectivity index (χ0n) is 7.91. The van der Waals surface area contributed by atoms with E-state index in [2.05, 4.69) is 4.98 Å². The first-order valence-corrected chi connectivity index (χ1v) is 5.43. The molecule has 1 aromatic carbocycles. The predicted molar refractivity (Wildman–Crippen MR) is 65.3 cm³/mol. The van der Waals surface area contributed by atoms with Crippen LogP contribution < -0.4 is 11.2 Å². The van der Waals surface area contributed by atoms with Crippen molar-refractivity contribution < 1.29 is 4.39 Å². The number of nitrogens with one attached hydrogen (secondary N) is 1. The van der Waals surface area contributed by atoms with Gasteiger partial charge in [0.05, 0.1) is 5.69 Å². The topological polar surface area (TPSA) is 54.9 Å². The lowest BCUT2D eigenvalue weighted by Gasteiger charge is -2.04. The van der Waals surface area contributed by atoms with Crippen molar-refractivity contribution in [2.45, 2.75) is 0 Å². The number of aromatic amines is 1. The highest BCUT2D eigenvalue weighted by molar-refractivity contribution is 14.1. The van der Waals surface area contributed by atoms with Crippen LogP contribution in [-0.2, 0) is 0 Å². The van der Waals surface area contributed by atoms with Gasteiger partial charge in [0.2, 0.25) is 0 Å². The predicted octanol–water partition coefficient (Wildman–Crippen LogP) is 1.27. The quantitative estimate of drug-likeness (QED) is 0.800.